The van der Waals surface area contributed by atoms with Gasteiger partial charge in [-0.05, 0) is 18.2 Å². The second-order valence-electron chi connectivity index (χ2n) is 3.76. The fraction of sp³-hybridized carbons (Fsp3) is 0.167. The van der Waals surface area contributed by atoms with Crippen molar-refractivity contribution in [3.63, 3.8) is 0 Å². The average molecular weight is 299 g/mol. The molecule has 0 spiro atoms. The summed E-state index contributed by atoms with van der Waals surface area (Å²) in [4.78, 5) is 8.20. The molecule has 3 N–H and O–H groups in total. The van der Waals surface area contributed by atoms with Crippen LogP contribution in [0.2, 0.25) is 5.02 Å². The Morgan fingerprint density at radius 1 is 1.35 bits per heavy atom. The summed E-state index contributed by atoms with van der Waals surface area (Å²) in [5, 5.41) is 0.138. The van der Waals surface area contributed by atoms with Crippen LogP contribution in [0.4, 0.5) is 10.2 Å². The van der Waals surface area contributed by atoms with Gasteiger partial charge in [-0.2, -0.15) is 4.98 Å². The number of nitrogens with two attached hydrogens (primary N) is 1. The summed E-state index contributed by atoms with van der Waals surface area (Å²) in [7, 11) is 1.52. The Hall–Kier alpha value is -1.96. The summed E-state index contributed by atoms with van der Waals surface area (Å²) in [5.74, 6) is 6.10. The Bertz CT molecular complexity index is 612. The lowest BCUT2D eigenvalue weighted by Crippen LogP contribution is -2.11. The van der Waals surface area contributed by atoms with Crippen molar-refractivity contribution in [2.45, 2.75) is 6.61 Å². The number of nitrogens with zero attached hydrogens (tertiary/aromatic N) is 2. The lowest BCUT2D eigenvalue weighted by molar-refractivity contribution is 0.177. The van der Waals surface area contributed by atoms with Gasteiger partial charge in [0.15, 0.2) is 5.82 Å². The number of methoxy groups -OCH3 is 1. The van der Waals surface area contributed by atoms with Crippen LogP contribution >= 0.6 is 11.6 Å². The number of nitrogen functional groups attached to an aromatic ring is 1. The molecule has 0 bridgehead atoms. The number of halogens is 2. The van der Waals surface area contributed by atoms with E-state index in [0.717, 1.165) is 6.07 Å². The molecule has 106 valence electrons. The van der Waals surface area contributed by atoms with Gasteiger partial charge in [0.05, 0.1) is 5.02 Å². The van der Waals surface area contributed by atoms with Crippen LogP contribution in [-0.2, 0) is 11.3 Å². The zero-order chi connectivity index (χ0) is 14.5. The van der Waals surface area contributed by atoms with Gasteiger partial charge in [-0.3, -0.25) is 0 Å². The lowest BCUT2D eigenvalue weighted by Gasteiger charge is -2.09. The van der Waals surface area contributed by atoms with Crippen molar-refractivity contribution in [2.75, 3.05) is 12.5 Å². The summed E-state index contributed by atoms with van der Waals surface area (Å²) in [6.07, 6.45) is 0. The van der Waals surface area contributed by atoms with E-state index in [9.17, 15) is 4.39 Å². The summed E-state index contributed by atoms with van der Waals surface area (Å²) in [5.41, 5.74) is 2.40. The molecule has 0 fully saturated rings. The third-order valence-electron chi connectivity index (χ3n) is 2.28. The van der Waals surface area contributed by atoms with Gasteiger partial charge in [0.1, 0.15) is 24.0 Å². The molecule has 0 unspecified atom stereocenters. The summed E-state index contributed by atoms with van der Waals surface area (Å²) >= 11 is 5.88. The first-order valence-electron chi connectivity index (χ1n) is 5.59. The minimum absolute atomic E-state index is 0.138. The second-order valence-corrected chi connectivity index (χ2v) is 4.17. The van der Waals surface area contributed by atoms with Gasteiger partial charge >= 0.3 is 0 Å². The quantitative estimate of drug-likeness (QED) is 0.652. The van der Waals surface area contributed by atoms with Crippen molar-refractivity contribution >= 4 is 17.4 Å². The molecule has 0 saturated carbocycles. The van der Waals surface area contributed by atoms with Crippen molar-refractivity contribution in [1.29, 1.82) is 0 Å². The summed E-state index contributed by atoms with van der Waals surface area (Å²) in [6, 6.07) is 5.28. The number of rotatable bonds is 5. The van der Waals surface area contributed by atoms with E-state index in [1.54, 1.807) is 0 Å². The number of hydrogen-bond acceptors (Lipinski definition) is 6. The van der Waals surface area contributed by atoms with Gasteiger partial charge in [-0.15, -0.1) is 0 Å². The predicted octanol–water partition coefficient (Wildman–Crippen LogP) is 2.49. The molecular weight excluding hydrogens is 287 g/mol. The Morgan fingerprint density at radius 2 is 2.15 bits per heavy atom. The maximum Gasteiger partial charge on any atom is 0.224 e. The maximum absolute atomic E-state index is 13.0. The number of hydrogen-bond donors (Lipinski definition) is 2. The Labute approximate surface area is 119 Å². The third-order valence-corrected chi connectivity index (χ3v) is 2.57. The first-order valence-corrected chi connectivity index (χ1v) is 5.96. The van der Waals surface area contributed by atoms with Crippen LogP contribution in [0.15, 0.2) is 24.3 Å². The van der Waals surface area contributed by atoms with Crippen LogP contribution in [-0.4, -0.2) is 17.1 Å². The van der Waals surface area contributed by atoms with Gasteiger partial charge in [0, 0.05) is 13.2 Å². The zero-order valence-corrected chi connectivity index (χ0v) is 11.3. The molecule has 1 aromatic carbocycles. The van der Waals surface area contributed by atoms with E-state index >= 15 is 0 Å². The van der Waals surface area contributed by atoms with E-state index in [2.05, 4.69) is 15.4 Å². The maximum atomic E-state index is 13.0. The van der Waals surface area contributed by atoms with E-state index in [0.29, 0.717) is 11.6 Å². The van der Waals surface area contributed by atoms with E-state index < -0.39 is 5.82 Å². The highest BCUT2D eigenvalue weighted by Gasteiger charge is 2.09. The van der Waals surface area contributed by atoms with E-state index in [1.807, 2.05) is 0 Å². The van der Waals surface area contributed by atoms with E-state index in [-0.39, 0.29) is 23.3 Å². The lowest BCUT2D eigenvalue weighted by atomic mass is 10.3. The van der Waals surface area contributed by atoms with Crippen molar-refractivity contribution in [2.24, 2.45) is 5.84 Å². The van der Waals surface area contributed by atoms with Crippen LogP contribution in [0.5, 0.6) is 11.6 Å². The number of nitrogens with one attached hydrogen (secondary N) is 1. The smallest absolute Gasteiger partial charge is 0.224 e. The van der Waals surface area contributed by atoms with Crippen molar-refractivity contribution in [3.8, 4) is 11.6 Å². The summed E-state index contributed by atoms with van der Waals surface area (Å²) in [6.45, 7) is 0.197. The average Bonchev–Trinajstić information content (AvgIpc) is 2.42. The van der Waals surface area contributed by atoms with E-state index in [1.165, 1.54) is 25.3 Å². The van der Waals surface area contributed by atoms with Crippen molar-refractivity contribution in [1.82, 2.24) is 9.97 Å². The molecule has 1 heterocycles. The highest BCUT2D eigenvalue weighted by atomic mass is 35.5. The molecule has 0 radical (unpaired) electrons. The number of anilines is 1. The number of hydrazine groups is 1. The first kappa shape index (κ1) is 14.4. The Morgan fingerprint density at radius 3 is 2.80 bits per heavy atom. The highest BCUT2D eigenvalue weighted by Crippen LogP contribution is 2.29. The van der Waals surface area contributed by atoms with Gasteiger partial charge in [-0.1, -0.05) is 11.6 Å². The molecule has 2 rings (SSSR count). The van der Waals surface area contributed by atoms with Gasteiger partial charge in [-0.25, -0.2) is 15.2 Å². The molecule has 20 heavy (non-hydrogen) atoms. The molecule has 2 aromatic rings. The standard InChI is InChI=1S/C12H12ClFN4O2/c1-19-6-11-16-10(18-15)5-12(17-11)20-9-3-2-7(14)4-8(9)13/h2-5H,6,15H2,1H3,(H,16,17,18). The van der Waals surface area contributed by atoms with Crippen LogP contribution in [0.1, 0.15) is 5.82 Å². The molecule has 0 aliphatic carbocycles. The van der Waals surface area contributed by atoms with Crippen LogP contribution in [0.25, 0.3) is 0 Å². The first-order chi connectivity index (χ1) is 9.62. The van der Waals surface area contributed by atoms with Crippen LogP contribution in [0.3, 0.4) is 0 Å². The fourth-order valence-electron chi connectivity index (χ4n) is 1.46. The molecule has 0 atom stereocenters. The second kappa shape index (κ2) is 6.47. The number of benzene rings is 1. The van der Waals surface area contributed by atoms with Gasteiger partial charge in [0.25, 0.3) is 0 Å². The molecular formula is C12H12ClFN4O2. The zero-order valence-electron chi connectivity index (χ0n) is 10.6. The molecule has 0 aliphatic rings. The number of aromatic nitrogens is 2. The van der Waals surface area contributed by atoms with E-state index in [4.69, 9.17) is 26.9 Å². The fourth-order valence-corrected chi connectivity index (χ4v) is 1.67. The van der Waals surface area contributed by atoms with Crippen molar-refractivity contribution in [3.05, 3.63) is 40.9 Å². The van der Waals surface area contributed by atoms with Gasteiger partial charge in [0.2, 0.25) is 5.88 Å². The molecule has 6 nitrogen and oxygen atoms in total. The molecule has 0 aliphatic heterocycles. The topological polar surface area (TPSA) is 82.3 Å². The molecule has 8 heteroatoms. The minimum atomic E-state index is -0.450. The van der Waals surface area contributed by atoms with Crippen LogP contribution < -0.4 is 16.0 Å². The minimum Gasteiger partial charge on any atom is -0.437 e. The normalized spacial score (nSPS) is 10.4. The summed E-state index contributed by atoms with van der Waals surface area (Å²) < 4.78 is 23.4. The number of ether oxygens (including phenoxy) is 2. The Balaban J connectivity index is 2.29. The monoisotopic (exact) mass is 298 g/mol. The predicted molar refractivity (Wildman–Crippen MR) is 72.0 cm³/mol. The van der Waals surface area contributed by atoms with Crippen LogP contribution in [0, 0.1) is 5.82 Å². The third kappa shape index (κ3) is 3.53. The molecule has 0 amide bonds. The van der Waals surface area contributed by atoms with Gasteiger partial charge < -0.3 is 14.9 Å². The van der Waals surface area contributed by atoms with Crippen molar-refractivity contribution < 1.29 is 13.9 Å². The molecule has 1 aromatic heterocycles. The molecule has 0 saturated heterocycles. The highest BCUT2D eigenvalue weighted by molar-refractivity contribution is 6.32. The Kier molecular flexibility index (Phi) is 4.67. The largest absolute Gasteiger partial charge is 0.437 e. The SMILES string of the molecule is COCc1nc(NN)cc(Oc2ccc(F)cc2Cl)n1.